The Morgan fingerprint density at radius 3 is 2.52 bits per heavy atom. The topological polar surface area (TPSA) is 107 Å². The van der Waals surface area contributed by atoms with E-state index in [1.54, 1.807) is 12.1 Å². The third kappa shape index (κ3) is 2.73. The fraction of sp³-hybridized carbons (Fsp3) is 0.294. The van der Waals surface area contributed by atoms with Gasteiger partial charge < -0.3 is 0 Å². The van der Waals surface area contributed by atoms with Crippen LogP contribution < -0.4 is 10.7 Å². The highest BCUT2D eigenvalue weighted by atomic mass is 16.6. The Balaban J connectivity index is 2.22. The molecule has 0 saturated heterocycles. The summed E-state index contributed by atoms with van der Waals surface area (Å²) in [5, 5.41) is 20.3. The van der Waals surface area contributed by atoms with Crippen molar-refractivity contribution in [1.29, 1.82) is 5.26 Å². The van der Waals surface area contributed by atoms with Crippen LogP contribution in [0.15, 0.2) is 24.3 Å². The number of H-pyrrole nitrogens is 1. The zero-order valence-corrected chi connectivity index (χ0v) is 12.6. The molecule has 1 heterocycles. The smallest absolute Gasteiger partial charge is 0.286 e. The van der Waals surface area contributed by atoms with Crippen molar-refractivity contribution in [2.24, 2.45) is 0 Å². The van der Waals surface area contributed by atoms with Crippen molar-refractivity contribution in [3.05, 3.63) is 51.2 Å². The Morgan fingerprint density at radius 2 is 1.87 bits per heavy atom. The van der Waals surface area contributed by atoms with Gasteiger partial charge in [-0.05, 0) is 37.0 Å². The molecule has 0 atom stereocenters. The minimum atomic E-state index is -0.428. The number of nitrogen functional groups attached to an aromatic ring is 1. The first kappa shape index (κ1) is 15.0. The van der Waals surface area contributed by atoms with Crippen LogP contribution in [-0.2, 0) is 12.8 Å². The number of nitrogens with one attached hydrogen (secondary N) is 1. The Bertz CT molecular complexity index is 807. The normalized spacial score (nSPS) is 13.7. The van der Waals surface area contributed by atoms with E-state index in [0.717, 1.165) is 54.5 Å². The molecule has 3 rings (SSSR count). The molecule has 0 unspecified atom stereocenters. The number of nitro benzene ring substituents is 1. The predicted molar refractivity (Wildman–Crippen MR) is 85.5 cm³/mol. The highest BCUT2D eigenvalue weighted by molar-refractivity contribution is 5.78. The number of hydrogen-bond donors (Lipinski definition) is 1. The molecular weight excluding hydrogens is 292 g/mol. The lowest BCUT2D eigenvalue weighted by atomic mass is 9.91. The van der Waals surface area contributed by atoms with Gasteiger partial charge in [-0.3, -0.25) is 15.8 Å². The van der Waals surface area contributed by atoms with E-state index in [1.165, 1.54) is 12.1 Å². The van der Waals surface area contributed by atoms with Crippen LogP contribution in [0.25, 0.3) is 11.1 Å². The molecule has 0 aliphatic heterocycles. The minimum Gasteiger partial charge on any atom is -0.286 e. The van der Waals surface area contributed by atoms with Crippen molar-refractivity contribution in [3.63, 3.8) is 0 Å². The number of nitrogens with two attached hydrogens (primary N) is 1. The number of rotatable bonds is 2. The Hall–Kier alpha value is -2.94. The molecule has 6 nitrogen and oxygen atoms in total. The van der Waals surface area contributed by atoms with Crippen LogP contribution in [0.4, 0.5) is 11.5 Å². The van der Waals surface area contributed by atoms with Crippen LogP contribution in [0.2, 0.25) is 0 Å². The van der Waals surface area contributed by atoms with E-state index in [4.69, 9.17) is 5.73 Å². The van der Waals surface area contributed by atoms with E-state index in [-0.39, 0.29) is 5.69 Å². The van der Waals surface area contributed by atoms with Crippen LogP contribution in [0, 0.1) is 21.4 Å². The molecule has 1 aromatic carbocycles. The van der Waals surface area contributed by atoms with Gasteiger partial charge in [0.1, 0.15) is 17.3 Å². The van der Waals surface area contributed by atoms with Crippen LogP contribution >= 0.6 is 0 Å². The zero-order chi connectivity index (χ0) is 16.4. The molecule has 3 N–H and O–H groups in total. The van der Waals surface area contributed by atoms with E-state index in [0.29, 0.717) is 11.4 Å². The molecule has 0 fully saturated rings. The fourth-order valence-electron chi connectivity index (χ4n) is 3.19. The molecule has 0 amide bonds. The summed E-state index contributed by atoms with van der Waals surface area (Å²) in [6, 6.07) is 8.50. The molecule has 0 bridgehead atoms. The monoisotopic (exact) mass is 309 g/mol. The summed E-state index contributed by atoms with van der Waals surface area (Å²) in [4.78, 5) is 13.6. The first-order valence-corrected chi connectivity index (χ1v) is 7.63. The first-order valence-electron chi connectivity index (χ1n) is 7.63. The fourth-order valence-corrected chi connectivity index (χ4v) is 3.19. The van der Waals surface area contributed by atoms with Gasteiger partial charge in [-0.2, -0.15) is 5.26 Å². The van der Waals surface area contributed by atoms with Crippen molar-refractivity contribution >= 4 is 11.5 Å². The number of nitrogens with zero attached hydrogens (tertiary/aromatic N) is 2. The maximum Gasteiger partial charge on any atom is 0.289 e. The zero-order valence-electron chi connectivity index (χ0n) is 12.6. The summed E-state index contributed by atoms with van der Waals surface area (Å²) in [5.74, 6) is 0.363. The van der Waals surface area contributed by atoms with Crippen LogP contribution in [0.1, 0.15) is 36.1 Å². The average molecular weight is 309 g/mol. The average Bonchev–Trinajstić information content (AvgIpc) is 2.78. The molecule has 2 aromatic rings. The van der Waals surface area contributed by atoms with Gasteiger partial charge in [0, 0.05) is 29.7 Å². The predicted octanol–water partition coefficient (Wildman–Crippen LogP) is 2.80. The quantitative estimate of drug-likeness (QED) is 0.522. The second kappa shape index (κ2) is 6.05. The van der Waals surface area contributed by atoms with E-state index < -0.39 is 4.92 Å². The van der Waals surface area contributed by atoms with Crippen molar-refractivity contribution in [3.8, 4) is 17.2 Å². The molecule has 0 spiro atoms. The minimum absolute atomic E-state index is 0.0359. The molecule has 0 saturated carbocycles. The Labute approximate surface area is 133 Å². The molecular formula is C17H17N4O2+. The molecule has 1 aliphatic carbocycles. The number of nitriles is 1. The van der Waals surface area contributed by atoms with Gasteiger partial charge in [0.05, 0.1) is 4.92 Å². The number of aromatic amines is 1. The number of anilines is 1. The number of non-ortho nitro benzene ring substituents is 1. The number of pyridine rings is 1. The maximum atomic E-state index is 10.8. The van der Waals surface area contributed by atoms with Gasteiger partial charge in [0.2, 0.25) is 0 Å². The summed E-state index contributed by atoms with van der Waals surface area (Å²) in [6.45, 7) is 0. The Morgan fingerprint density at radius 1 is 1.17 bits per heavy atom. The van der Waals surface area contributed by atoms with E-state index in [1.807, 2.05) is 0 Å². The molecule has 1 aromatic heterocycles. The molecule has 116 valence electrons. The second-order valence-corrected chi connectivity index (χ2v) is 5.72. The number of nitro groups is 1. The SMILES string of the molecule is N#Cc1c(N)[nH+]c2c(c1-c1ccc([N+](=O)[O-])cc1)CCCCC2. The number of aromatic nitrogens is 1. The van der Waals surface area contributed by atoms with Gasteiger partial charge in [-0.1, -0.05) is 6.42 Å². The van der Waals surface area contributed by atoms with Crippen molar-refractivity contribution in [1.82, 2.24) is 0 Å². The number of fused-ring (bicyclic) bond motifs is 1. The standard InChI is InChI=1S/C17H16N4O2/c18-10-14-16(11-6-8-12(9-7-11)21(22)23)13-4-2-1-3-5-15(13)20-17(14)19/h6-9H,1-5H2,(H2,19,20)/p+1. The van der Waals surface area contributed by atoms with Crippen molar-refractivity contribution in [2.45, 2.75) is 32.1 Å². The third-order valence-electron chi connectivity index (χ3n) is 4.30. The van der Waals surface area contributed by atoms with Crippen LogP contribution in [-0.4, -0.2) is 4.92 Å². The van der Waals surface area contributed by atoms with Crippen molar-refractivity contribution in [2.75, 3.05) is 5.73 Å². The maximum absolute atomic E-state index is 10.8. The second-order valence-electron chi connectivity index (χ2n) is 5.72. The third-order valence-corrected chi connectivity index (χ3v) is 4.30. The summed E-state index contributed by atoms with van der Waals surface area (Å²) in [6.07, 6.45) is 5.09. The van der Waals surface area contributed by atoms with Gasteiger partial charge >= 0.3 is 0 Å². The molecule has 6 heteroatoms. The number of hydrogen-bond acceptors (Lipinski definition) is 4. The van der Waals surface area contributed by atoms with Crippen LogP contribution in [0.5, 0.6) is 0 Å². The first-order chi connectivity index (χ1) is 11.1. The summed E-state index contributed by atoms with van der Waals surface area (Å²) in [7, 11) is 0. The number of aryl methyl sites for hydroxylation is 1. The molecule has 0 radical (unpaired) electrons. The highest BCUT2D eigenvalue weighted by Crippen LogP contribution is 2.34. The van der Waals surface area contributed by atoms with Crippen LogP contribution in [0.3, 0.4) is 0 Å². The van der Waals surface area contributed by atoms with Gasteiger partial charge in [-0.15, -0.1) is 0 Å². The summed E-state index contributed by atoms with van der Waals surface area (Å²) >= 11 is 0. The number of benzene rings is 1. The summed E-state index contributed by atoms with van der Waals surface area (Å²) in [5.41, 5.74) is 10.3. The lowest BCUT2D eigenvalue weighted by Gasteiger charge is -2.13. The molecule has 23 heavy (non-hydrogen) atoms. The molecule has 1 aliphatic rings. The van der Waals surface area contributed by atoms with E-state index in [9.17, 15) is 15.4 Å². The van der Waals surface area contributed by atoms with Gasteiger partial charge in [0.15, 0.2) is 0 Å². The highest BCUT2D eigenvalue weighted by Gasteiger charge is 2.24. The van der Waals surface area contributed by atoms with Gasteiger partial charge in [0.25, 0.3) is 11.5 Å². The van der Waals surface area contributed by atoms with E-state index in [2.05, 4.69) is 11.1 Å². The summed E-state index contributed by atoms with van der Waals surface area (Å²) < 4.78 is 0. The lowest BCUT2D eigenvalue weighted by molar-refractivity contribution is -0.384. The lowest BCUT2D eigenvalue weighted by Crippen LogP contribution is -2.21. The van der Waals surface area contributed by atoms with Gasteiger partial charge in [-0.25, -0.2) is 4.98 Å². The Kier molecular flexibility index (Phi) is 3.94. The van der Waals surface area contributed by atoms with E-state index >= 15 is 0 Å². The largest absolute Gasteiger partial charge is 0.289 e. The van der Waals surface area contributed by atoms with Crippen molar-refractivity contribution < 1.29 is 9.91 Å².